The molecule has 0 rings (SSSR count). The van der Waals surface area contributed by atoms with E-state index in [0.29, 0.717) is 19.1 Å². The van der Waals surface area contributed by atoms with Crippen LogP contribution in [0.15, 0.2) is 0 Å². The monoisotopic (exact) mass is 100 g/mol. The molecule has 0 spiro atoms. The Bertz CT molecular complexity index is 35.1. The van der Waals surface area contributed by atoms with E-state index in [2.05, 4.69) is 5.32 Å². The molecule has 0 aliphatic rings. The van der Waals surface area contributed by atoms with Gasteiger partial charge in [-0.1, -0.05) is 0 Å². The van der Waals surface area contributed by atoms with E-state index >= 15 is 0 Å². The first-order valence-corrected chi connectivity index (χ1v) is 2.58. The normalized spacial score (nSPS) is 10.3. The third-order valence-corrected chi connectivity index (χ3v) is 0.606. The molecule has 0 aliphatic carbocycles. The predicted octanol–water partition coefficient (Wildman–Crippen LogP) is 0.282. The average Bonchev–Trinajstić information content (AvgIpc) is 1.61. The van der Waals surface area contributed by atoms with E-state index in [-0.39, 0.29) is 0 Å². The molecule has 1 N–H and O–H groups in total. The van der Waals surface area contributed by atoms with Crippen molar-refractivity contribution in [3.05, 3.63) is 0 Å². The lowest BCUT2D eigenvalue weighted by molar-refractivity contribution is 0.580. The molecule has 0 fully saturated rings. The summed E-state index contributed by atoms with van der Waals surface area (Å²) >= 11 is 0. The molecule has 0 aliphatic heterocycles. The molecule has 0 saturated heterocycles. The largest absolute Gasteiger partial charge is 0.256 e. The summed E-state index contributed by atoms with van der Waals surface area (Å²) in [7, 11) is 0. The van der Waals surface area contributed by atoms with Gasteiger partial charge in [0.2, 0.25) is 0 Å². The summed E-state index contributed by atoms with van der Waals surface area (Å²) in [6, 6.07) is 0.408. The van der Waals surface area contributed by atoms with Crippen molar-refractivity contribution >= 4 is 0 Å². The van der Waals surface area contributed by atoms with E-state index in [0.717, 1.165) is 0 Å². The Morgan fingerprint density at radius 3 is 2.29 bits per heavy atom. The van der Waals surface area contributed by atoms with E-state index < -0.39 is 0 Å². The van der Waals surface area contributed by atoms with E-state index in [1.807, 2.05) is 13.8 Å². The highest BCUT2D eigenvalue weighted by Gasteiger charge is 1.88. The van der Waals surface area contributed by atoms with Crippen LogP contribution in [0, 0.1) is 0 Å². The molecule has 2 radical (unpaired) electrons. The zero-order valence-electron chi connectivity index (χ0n) is 4.94. The molecular weight excluding hydrogens is 88.1 g/mol. The maximum absolute atomic E-state index is 6.70. The van der Waals surface area contributed by atoms with Crippen LogP contribution < -0.4 is 11.1 Å². The summed E-state index contributed by atoms with van der Waals surface area (Å²) in [4.78, 5) is 0. The summed E-state index contributed by atoms with van der Waals surface area (Å²) in [6.45, 7) is 5.17. The van der Waals surface area contributed by atoms with Gasteiger partial charge in [-0.2, -0.15) is 0 Å². The van der Waals surface area contributed by atoms with Crippen molar-refractivity contribution in [2.24, 2.45) is 0 Å². The van der Waals surface area contributed by atoms with Crippen LogP contribution in [0.5, 0.6) is 0 Å². The van der Waals surface area contributed by atoms with Gasteiger partial charge in [-0.05, 0) is 13.8 Å². The van der Waals surface area contributed by atoms with Gasteiger partial charge in [-0.3, -0.25) is 5.73 Å². The molecule has 42 valence electrons. The van der Waals surface area contributed by atoms with Gasteiger partial charge in [-0.15, -0.1) is 0 Å². The maximum atomic E-state index is 6.70. The molecule has 7 heavy (non-hydrogen) atoms. The molecule has 2 nitrogen and oxygen atoms in total. The first-order chi connectivity index (χ1) is 3.27. The van der Waals surface area contributed by atoms with Crippen molar-refractivity contribution in [2.45, 2.75) is 19.9 Å². The minimum atomic E-state index is 0.408. The van der Waals surface area contributed by atoms with Crippen molar-refractivity contribution in [2.75, 3.05) is 13.1 Å². The van der Waals surface area contributed by atoms with Crippen LogP contribution >= 0.6 is 0 Å². The molecule has 0 bridgehead atoms. The van der Waals surface area contributed by atoms with Gasteiger partial charge in [0.1, 0.15) is 0 Å². The van der Waals surface area contributed by atoms with Crippen molar-refractivity contribution in [3.63, 3.8) is 0 Å². The molecule has 0 aromatic rings. The Labute approximate surface area is 45.1 Å². The Morgan fingerprint density at radius 2 is 2.14 bits per heavy atom. The quantitative estimate of drug-likeness (QED) is 0.488. The Hall–Kier alpha value is -0.0800. The highest BCUT2D eigenvalue weighted by Crippen LogP contribution is 1.74. The van der Waals surface area contributed by atoms with Gasteiger partial charge < -0.3 is 0 Å². The minimum absolute atomic E-state index is 0.408. The third-order valence-electron chi connectivity index (χ3n) is 0.606. The van der Waals surface area contributed by atoms with Crippen LogP contribution in [0.2, 0.25) is 0 Å². The summed E-state index contributed by atoms with van der Waals surface area (Å²) in [5, 5.41) is 4.06. The number of hydrogen-bond acceptors (Lipinski definition) is 0. The zero-order valence-corrected chi connectivity index (χ0v) is 4.94. The molecule has 0 atom stereocenters. The highest BCUT2D eigenvalue weighted by molar-refractivity contribution is 4.49. The molecule has 0 aromatic heterocycles. The van der Waals surface area contributed by atoms with Crippen LogP contribution in [0.1, 0.15) is 13.8 Å². The number of rotatable bonds is 3. The number of nitrogens with one attached hydrogen (secondary N) is 1. The van der Waals surface area contributed by atoms with Gasteiger partial charge in [0.25, 0.3) is 0 Å². The molecule has 0 amide bonds. The van der Waals surface area contributed by atoms with Crippen LogP contribution in [-0.4, -0.2) is 19.1 Å². The topological polar surface area (TPSA) is 37.9 Å². The van der Waals surface area contributed by atoms with Crippen LogP contribution in [0.3, 0.4) is 0 Å². The van der Waals surface area contributed by atoms with Crippen LogP contribution in [0.25, 0.3) is 0 Å². The predicted molar refractivity (Wildman–Crippen MR) is 30.1 cm³/mol. The second kappa shape index (κ2) is 4.09. The SMILES string of the molecule is CC(C)[N]CC[NH]. The fraction of sp³-hybridized carbons (Fsp3) is 1.00. The van der Waals surface area contributed by atoms with Gasteiger partial charge in [0, 0.05) is 19.1 Å². The summed E-state index contributed by atoms with van der Waals surface area (Å²) in [6.07, 6.45) is 0. The summed E-state index contributed by atoms with van der Waals surface area (Å²) in [5.41, 5.74) is 6.70. The smallest absolute Gasteiger partial charge is 0.0275 e. The number of hydrogen-bond donors (Lipinski definition) is 0. The first kappa shape index (κ1) is 6.92. The zero-order chi connectivity index (χ0) is 5.70. The van der Waals surface area contributed by atoms with Crippen molar-refractivity contribution in [1.29, 1.82) is 0 Å². The molecule has 0 saturated carbocycles. The summed E-state index contributed by atoms with van der Waals surface area (Å²) in [5.74, 6) is 0. The Kier molecular flexibility index (Phi) is 4.04. The summed E-state index contributed by atoms with van der Waals surface area (Å²) < 4.78 is 0. The Morgan fingerprint density at radius 1 is 1.57 bits per heavy atom. The maximum Gasteiger partial charge on any atom is 0.0275 e. The van der Waals surface area contributed by atoms with E-state index in [1.165, 1.54) is 0 Å². The lowest BCUT2D eigenvalue weighted by Gasteiger charge is -2.00. The fourth-order valence-corrected chi connectivity index (χ4v) is 0.323. The molecule has 0 unspecified atom stereocenters. The van der Waals surface area contributed by atoms with Gasteiger partial charge in [0.15, 0.2) is 0 Å². The fourth-order valence-electron chi connectivity index (χ4n) is 0.323. The van der Waals surface area contributed by atoms with E-state index in [1.54, 1.807) is 0 Å². The molecule has 0 aromatic carbocycles. The van der Waals surface area contributed by atoms with Crippen LogP contribution in [0.4, 0.5) is 0 Å². The van der Waals surface area contributed by atoms with Gasteiger partial charge in [-0.25, -0.2) is 5.32 Å². The third kappa shape index (κ3) is 5.92. The average molecular weight is 100 g/mol. The molecule has 2 heteroatoms. The molecular formula is C5H12N2. The Balaban J connectivity index is 2.68. The second-order valence-corrected chi connectivity index (χ2v) is 1.75. The lowest BCUT2D eigenvalue weighted by atomic mass is 10.4. The van der Waals surface area contributed by atoms with Crippen molar-refractivity contribution < 1.29 is 0 Å². The van der Waals surface area contributed by atoms with Gasteiger partial charge >= 0.3 is 0 Å². The standard InChI is InChI=1S/C5H12N2/c1-5(2)7-4-3-6/h5-6H,3-4H2,1-2H3. The first-order valence-electron chi connectivity index (χ1n) is 2.58. The van der Waals surface area contributed by atoms with Crippen molar-refractivity contribution in [1.82, 2.24) is 11.1 Å². The second-order valence-electron chi connectivity index (χ2n) is 1.75. The van der Waals surface area contributed by atoms with Gasteiger partial charge in [0.05, 0.1) is 0 Å². The molecule has 0 heterocycles. The van der Waals surface area contributed by atoms with Crippen LogP contribution in [-0.2, 0) is 0 Å². The van der Waals surface area contributed by atoms with E-state index in [4.69, 9.17) is 5.73 Å². The highest BCUT2D eigenvalue weighted by atomic mass is 14.9. The van der Waals surface area contributed by atoms with E-state index in [9.17, 15) is 0 Å². The van der Waals surface area contributed by atoms with Crippen molar-refractivity contribution in [3.8, 4) is 0 Å². The lowest BCUT2D eigenvalue weighted by Crippen LogP contribution is -2.18. The number of nitrogens with zero attached hydrogens (tertiary/aromatic N) is 1. The minimum Gasteiger partial charge on any atom is -0.256 e.